The number of ether oxygens (including phenoxy) is 1. The summed E-state index contributed by atoms with van der Waals surface area (Å²) in [6.07, 6.45) is -0.154. The molecule has 2 aromatic rings. The normalized spacial score (nSPS) is 11.4. The third-order valence-electron chi connectivity index (χ3n) is 5.40. The van der Waals surface area contributed by atoms with Crippen molar-refractivity contribution in [2.75, 3.05) is 20.2 Å². The summed E-state index contributed by atoms with van der Waals surface area (Å²) >= 11 is 0. The number of carbonyl (C=O) groups is 5. The number of hydrogen-bond donors (Lipinski definition) is 3. The van der Waals surface area contributed by atoms with Crippen LogP contribution < -0.4 is 20.7 Å². The van der Waals surface area contributed by atoms with Crippen LogP contribution in [0.1, 0.15) is 47.1 Å². The molecule has 3 amide bonds. The van der Waals surface area contributed by atoms with E-state index in [-0.39, 0.29) is 18.1 Å². The fourth-order valence-corrected chi connectivity index (χ4v) is 3.41. The molecule has 0 fully saturated rings. The Morgan fingerprint density at radius 3 is 2.14 bits per heavy atom. The van der Waals surface area contributed by atoms with E-state index in [1.54, 1.807) is 32.0 Å². The third kappa shape index (κ3) is 8.19. The molecule has 0 saturated heterocycles. The minimum atomic E-state index is -1.10. The van der Waals surface area contributed by atoms with Crippen molar-refractivity contribution in [1.29, 1.82) is 0 Å². The molecule has 2 rings (SSSR count). The van der Waals surface area contributed by atoms with Gasteiger partial charge in [0.05, 0.1) is 26.6 Å². The maximum absolute atomic E-state index is 13.7. The Hall–Kier alpha value is -4.15. The summed E-state index contributed by atoms with van der Waals surface area (Å²) in [5.74, 6) is -5.11. The molecule has 198 valence electrons. The lowest BCUT2D eigenvalue weighted by atomic mass is 10.0. The average molecular weight is 518 g/mol. The lowest BCUT2D eigenvalue weighted by molar-refractivity contribution is -0.130. The highest BCUT2D eigenvalue weighted by molar-refractivity contribution is 5.98. The number of rotatable bonds is 12. The zero-order valence-electron chi connectivity index (χ0n) is 20.9. The van der Waals surface area contributed by atoms with Crippen molar-refractivity contribution in [1.82, 2.24) is 16.0 Å². The predicted octanol–water partition coefficient (Wildman–Crippen LogP) is 1.97. The molecule has 0 saturated carbocycles. The number of hydrogen-bond acceptors (Lipinski definition) is 6. The summed E-state index contributed by atoms with van der Waals surface area (Å²) in [5.41, 5.74) is 0.0605. The van der Waals surface area contributed by atoms with Gasteiger partial charge in [0, 0.05) is 11.1 Å². The van der Waals surface area contributed by atoms with Crippen molar-refractivity contribution < 1.29 is 37.5 Å². The van der Waals surface area contributed by atoms with Gasteiger partial charge >= 0.3 is 0 Å². The van der Waals surface area contributed by atoms with E-state index >= 15 is 0 Å². The van der Waals surface area contributed by atoms with Crippen LogP contribution >= 0.6 is 0 Å². The Labute approximate surface area is 212 Å². The van der Waals surface area contributed by atoms with E-state index in [2.05, 4.69) is 16.0 Å². The van der Waals surface area contributed by atoms with Crippen LogP contribution in [0.15, 0.2) is 36.4 Å². The molecule has 0 heterocycles. The lowest BCUT2D eigenvalue weighted by Gasteiger charge is -2.22. The summed E-state index contributed by atoms with van der Waals surface area (Å²) in [6, 6.07) is 6.66. The number of halogens is 2. The van der Waals surface area contributed by atoms with E-state index in [0.717, 1.165) is 18.2 Å². The van der Waals surface area contributed by atoms with Crippen LogP contribution in [0.25, 0.3) is 0 Å². The standard InChI is InChI=1S/C26H29F2N3O6/c1-14(2)24(31-22(34)11-17-10-16(15(3)32)8-9-21(17)37-4)26(36)30-13-18(33)12-29-25(35)23-19(27)6-5-7-20(23)28/h5-10,14,24H,11-13H2,1-4H3,(H,29,35)(H,30,36)(H,31,34)/t24-/m0/s1. The van der Waals surface area contributed by atoms with Gasteiger partial charge in [-0.3, -0.25) is 24.0 Å². The zero-order valence-corrected chi connectivity index (χ0v) is 20.9. The highest BCUT2D eigenvalue weighted by Crippen LogP contribution is 2.21. The molecule has 0 aliphatic carbocycles. The molecule has 0 aliphatic rings. The van der Waals surface area contributed by atoms with Crippen molar-refractivity contribution in [2.45, 2.75) is 33.2 Å². The molecule has 0 aliphatic heterocycles. The summed E-state index contributed by atoms with van der Waals surface area (Å²) in [5, 5.41) is 7.12. The first-order chi connectivity index (χ1) is 17.4. The third-order valence-corrected chi connectivity index (χ3v) is 5.40. The zero-order chi connectivity index (χ0) is 27.7. The van der Waals surface area contributed by atoms with Crippen molar-refractivity contribution in [3.05, 3.63) is 64.7 Å². The Morgan fingerprint density at radius 1 is 0.946 bits per heavy atom. The van der Waals surface area contributed by atoms with Crippen molar-refractivity contribution in [3.63, 3.8) is 0 Å². The molecule has 9 nitrogen and oxygen atoms in total. The molecule has 0 radical (unpaired) electrons. The molecule has 0 spiro atoms. The lowest BCUT2D eigenvalue weighted by Crippen LogP contribution is -2.51. The van der Waals surface area contributed by atoms with Crippen molar-refractivity contribution in [2.24, 2.45) is 5.92 Å². The summed E-state index contributed by atoms with van der Waals surface area (Å²) in [4.78, 5) is 61.1. The fraction of sp³-hybridized carbons (Fsp3) is 0.346. The van der Waals surface area contributed by atoms with Crippen molar-refractivity contribution in [3.8, 4) is 5.75 Å². The van der Waals surface area contributed by atoms with Crippen molar-refractivity contribution >= 4 is 29.3 Å². The fourth-order valence-electron chi connectivity index (χ4n) is 3.41. The van der Waals surface area contributed by atoms with Gasteiger partial charge in [-0.2, -0.15) is 0 Å². The maximum atomic E-state index is 13.7. The van der Waals surface area contributed by atoms with Gasteiger partial charge in [-0.05, 0) is 43.2 Å². The Bertz CT molecular complexity index is 1180. The monoisotopic (exact) mass is 517 g/mol. The van der Waals surface area contributed by atoms with E-state index in [9.17, 15) is 32.8 Å². The molecule has 1 atom stereocenters. The summed E-state index contributed by atoms with van der Waals surface area (Å²) in [6.45, 7) is 3.75. The Morgan fingerprint density at radius 2 is 1.57 bits per heavy atom. The van der Waals surface area contributed by atoms with Gasteiger partial charge in [-0.1, -0.05) is 19.9 Å². The van der Waals surface area contributed by atoms with E-state index in [1.807, 2.05) is 0 Å². The molecular weight excluding hydrogens is 488 g/mol. The Balaban J connectivity index is 1.94. The van der Waals surface area contributed by atoms with E-state index in [4.69, 9.17) is 4.74 Å². The molecular formula is C26H29F2N3O6. The number of Topliss-reactive ketones (excluding diaryl/α,β-unsaturated/α-hetero) is 2. The quantitative estimate of drug-likeness (QED) is 0.369. The van der Waals surface area contributed by atoms with Gasteiger partial charge in [0.1, 0.15) is 29.0 Å². The van der Waals surface area contributed by atoms with Gasteiger partial charge in [0.2, 0.25) is 11.8 Å². The second-order valence-electron chi connectivity index (χ2n) is 8.58. The summed E-state index contributed by atoms with van der Waals surface area (Å²) < 4.78 is 32.6. The predicted molar refractivity (Wildman–Crippen MR) is 130 cm³/mol. The first-order valence-corrected chi connectivity index (χ1v) is 11.4. The number of carbonyl (C=O) groups excluding carboxylic acids is 5. The number of amides is 3. The van der Waals surface area contributed by atoms with E-state index < -0.39 is 59.8 Å². The van der Waals surface area contributed by atoms with Crippen LogP contribution in [-0.2, 0) is 20.8 Å². The van der Waals surface area contributed by atoms with Gasteiger partial charge in [0.15, 0.2) is 11.6 Å². The molecule has 0 unspecified atom stereocenters. The van der Waals surface area contributed by atoms with E-state index in [0.29, 0.717) is 16.9 Å². The highest BCUT2D eigenvalue weighted by atomic mass is 19.1. The Kier molecular flexibility index (Phi) is 10.4. The molecule has 0 bridgehead atoms. The topological polar surface area (TPSA) is 131 Å². The smallest absolute Gasteiger partial charge is 0.257 e. The largest absolute Gasteiger partial charge is 0.496 e. The maximum Gasteiger partial charge on any atom is 0.257 e. The molecule has 0 aromatic heterocycles. The average Bonchev–Trinajstić information content (AvgIpc) is 2.84. The number of ketones is 2. The molecule has 3 N–H and O–H groups in total. The van der Waals surface area contributed by atoms with Gasteiger partial charge < -0.3 is 20.7 Å². The van der Waals surface area contributed by atoms with Crippen LogP contribution in [0.4, 0.5) is 8.78 Å². The molecule has 2 aromatic carbocycles. The highest BCUT2D eigenvalue weighted by Gasteiger charge is 2.25. The van der Waals surface area contributed by atoms with Crippen LogP contribution in [0.2, 0.25) is 0 Å². The van der Waals surface area contributed by atoms with Gasteiger partial charge in [-0.25, -0.2) is 8.78 Å². The number of methoxy groups -OCH3 is 1. The minimum Gasteiger partial charge on any atom is -0.496 e. The van der Waals surface area contributed by atoms with Crippen LogP contribution in [0, 0.1) is 17.6 Å². The first kappa shape index (κ1) is 29.1. The SMILES string of the molecule is COc1ccc(C(C)=O)cc1CC(=O)N[C@H](C(=O)NCC(=O)CNC(=O)c1c(F)cccc1F)C(C)C. The van der Waals surface area contributed by atoms with Gasteiger partial charge in [-0.15, -0.1) is 0 Å². The van der Waals surface area contributed by atoms with E-state index in [1.165, 1.54) is 14.0 Å². The molecule has 11 heteroatoms. The summed E-state index contributed by atoms with van der Waals surface area (Å²) in [7, 11) is 1.43. The second kappa shape index (κ2) is 13.2. The van der Waals surface area contributed by atoms with Crippen LogP contribution in [0.5, 0.6) is 5.75 Å². The number of nitrogens with one attached hydrogen (secondary N) is 3. The van der Waals surface area contributed by atoms with Gasteiger partial charge in [0.25, 0.3) is 5.91 Å². The first-order valence-electron chi connectivity index (χ1n) is 11.4. The van der Waals surface area contributed by atoms with Crippen LogP contribution in [-0.4, -0.2) is 55.5 Å². The minimum absolute atomic E-state index is 0.154. The van der Waals surface area contributed by atoms with Crippen LogP contribution in [0.3, 0.4) is 0 Å². The second-order valence-corrected chi connectivity index (χ2v) is 8.58. The number of benzene rings is 2. The molecule has 37 heavy (non-hydrogen) atoms.